The number of carbonyl (C=O) groups excluding carboxylic acids is 1. The van der Waals surface area contributed by atoms with E-state index in [1.165, 1.54) is 7.11 Å². The molecule has 0 saturated heterocycles. The van der Waals surface area contributed by atoms with Crippen LogP contribution >= 0.6 is 30.1 Å². The molecule has 1 atom stereocenters. The number of hydrogen-bond acceptors (Lipinski definition) is 3. The van der Waals surface area contributed by atoms with Gasteiger partial charge in [0.1, 0.15) is 5.75 Å². The molecule has 1 unspecified atom stereocenters. The Labute approximate surface area is 135 Å². The molecule has 0 fully saturated rings. The molecule has 2 rings (SSSR count). The molecule has 0 amide bonds. The van der Waals surface area contributed by atoms with Crippen LogP contribution in [0.1, 0.15) is 30.9 Å². The molecule has 7 heteroatoms. The van der Waals surface area contributed by atoms with Gasteiger partial charge in [0.25, 0.3) is 0 Å². The fourth-order valence-corrected chi connectivity index (χ4v) is 2.53. The summed E-state index contributed by atoms with van der Waals surface area (Å²) in [7, 11) is 16.3. The van der Waals surface area contributed by atoms with Gasteiger partial charge in [0, 0.05) is 0 Å². The van der Waals surface area contributed by atoms with Crippen molar-refractivity contribution in [3.8, 4) is 5.75 Å². The second-order valence-electron chi connectivity index (χ2n) is 4.77. The van der Waals surface area contributed by atoms with Gasteiger partial charge < -0.3 is 9.84 Å². The molecule has 0 heterocycles. The molecule has 0 spiro atoms. The van der Waals surface area contributed by atoms with Crippen molar-refractivity contribution in [1.82, 2.24) is 0 Å². The molecule has 3 nitrogen and oxygen atoms in total. The summed E-state index contributed by atoms with van der Waals surface area (Å²) in [5.74, 6) is 0.0620. The van der Waals surface area contributed by atoms with E-state index in [2.05, 4.69) is 0 Å². The number of phenolic OH excluding ortho intramolecular Hbond substituents is 1. The first-order valence-electron chi connectivity index (χ1n) is 6.14. The third-order valence-electron chi connectivity index (χ3n) is 3.44. The summed E-state index contributed by atoms with van der Waals surface area (Å²) in [5.41, 5.74) is 1.48. The standard InChI is InChI=1S/C13H16O3.Al.3ClH/c1-13(12(15)16-2)7-3-4-9-8-10(14)5-6-11(9)13;;;;/h5-6,8,14H,3-4,7H2,1-2H3;;3*1H/q;+3;;;/p-3. The summed E-state index contributed by atoms with van der Waals surface area (Å²) in [5, 5.41) is 9.44. The van der Waals surface area contributed by atoms with Gasteiger partial charge in [-0.05, 0) is 49.4 Å². The third kappa shape index (κ3) is 4.44. The van der Waals surface area contributed by atoms with Crippen LogP contribution < -0.4 is 0 Å². The number of benzene rings is 1. The number of methoxy groups -OCH3 is 1. The first kappa shape index (κ1) is 17.9. The van der Waals surface area contributed by atoms with Crippen molar-refractivity contribution >= 4 is 47.5 Å². The van der Waals surface area contributed by atoms with Crippen molar-refractivity contribution in [3.63, 3.8) is 0 Å². The minimum absolute atomic E-state index is 0.195. The van der Waals surface area contributed by atoms with Gasteiger partial charge in [-0.1, -0.05) is 6.07 Å². The summed E-state index contributed by atoms with van der Waals surface area (Å²) in [6, 6.07) is 5.21. The summed E-state index contributed by atoms with van der Waals surface area (Å²) >= 11 is -1.72. The number of carbonyl (C=O) groups is 1. The minimum atomic E-state index is -1.72. The lowest BCUT2D eigenvalue weighted by Crippen LogP contribution is -2.37. The maximum Gasteiger partial charge on any atom is 0.643 e. The lowest BCUT2D eigenvalue weighted by atomic mass is 9.71. The number of rotatable bonds is 1. The second-order valence-corrected chi connectivity index (χ2v) is 11.2. The zero-order valence-electron chi connectivity index (χ0n) is 11.3. The van der Waals surface area contributed by atoms with Crippen LogP contribution in [-0.4, -0.2) is 29.6 Å². The van der Waals surface area contributed by atoms with E-state index in [1.54, 1.807) is 12.1 Å². The van der Waals surface area contributed by atoms with Crippen molar-refractivity contribution in [2.24, 2.45) is 0 Å². The van der Waals surface area contributed by atoms with Crippen molar-refractivity contribution in [2.75, 3.05) is 7.11 Å². The Morgan fingerprint density at radius 3 is 2.55 bits per heavy atom. The first-order chi connectivity index (χ1) is 9.31. The van der Waals surface area contributed by atoms with Gasteiger partial charge in [0.05, 0.1) is 12.5 Å². The average molecular weight is 354 g/mol. The molecule has 0 radical (unpaired) electrons. The molecular formula is C13H16AlCl3O3. The van der Waals surface area contributed by atoms with Crippen LogP contribution in [0.15, 0.2) is 18.2 Å². The number of phenols is 1. The molecule has 0 aromatic heterocycles. The van der Waals surface area contributed by atoms with Crippen LogP contribution in [0, 0.1) is 0 Å². The smallest absolute Gasteiger partial charge is 0.508 e. The normalized spacial score (nSPS) is 20.2. The Bertz CT molecular complexity index is 479. The Hall–Kier alpha value is -0.108. The summed E-state index contributed by atoms with van der Waals surface area (Å²) < 4.78 is 4.88. The predicted octanol–water partition coefficient (Wildman–Crippen LogP) is 3.85. The lowest BCUT2D eigenvalue weighted by Gasteiger charge is -2.33. The fourth-order valence-electron chi connectivity index (χ4n) is 2.53. The molecule has 0 aliphatic heterocycles. The predicted molar refractivity (Wildman–Crippen MR) is 83.7 cm³/mol. The van der Waals surface area contributed by atoms with E-state index in [9.17, 15) is 9.90 Å². The van der Waals surface area contributed by atoms with Crippen molar-refractivity contribution in [3.05, 3.63) is 29.3 Å². The van der Waals surface area contributed by atoms with E-state index in [0.29, 0.717) is 0 Å². The molecular weight excluding hydrogens is 337 g/mol. The number of aryl methyl sites for hydroxylation is 1. The molecule has 0 saturated carbocycles. The second kappa shape index (κ2) is 7.77. The number of fused-ring (bicyclic) bond motifs is 1. The molecule has 1 aliphatic carbocycles. The summed E-state index contributed by atoms with van der Waals surface area (Å²) in [6.07, 6.45) is 2.66. The van der Waals surface area contributed by atoms with Gasteiger partial charge >= 0.3 is 17.4 Å². The molecule has 1 aromatic carbocycles. The van der Waals surface area contributed by atoms with Crippen LogP contribution in [0.2, 0.25) is 0 Å². The highest BCUT2D eigenvalue weighted by Gasteiger charge is 2.39. The number of esters is 1. The van der Waals surface area contributed by atoms with Crippen LogP contribution in [-0.2, 0) is 21.4 Å². The van der Waals surface area contributed by atoms with Gasteiger partial charge in [-0.2, -0.15) is 0 Å². The van der Waals surface area contributed by atoms with E-state index in [0.717, 1.165) is 30.4 Å². The van der Waals surface area contributed by atoms with Gasteiger partial charge in [-0.25, -0.2) is 30.1 Å². The summed E-state index contributed by atoms with van der Waals surface area (Å²) in [6.45, 7) is 1.91. The summed E-state index contributed by atoms with van der Waals surface area (Å²) in [4.78, 5) is 11.9. The van der Waals surface area contributed by atoms with Gasteiger partial charge in [-0.3, -0.25) is 4.79 Å². The zero-order valence-corrected chi connectivity index (χ0v) is 14.8. The van der Waals surface area contributed by atoms with E-state index in [4.69, 9.17) is 34.9 Å². The fraction of sp³-hybridized carbons (Fsp3) is 0.462. The monoisotopic (exact) mass is 352 g/mol. The number of aromatic hydroxyl groups is 1. The maximum atomic E-state index is 11.9. The van der Waals surface area contributed by atoms with Crippen molar-refractivity contribution in [1.29, 1.82) is 0 Å². The van der Waals surface area contributed by atoms with Crippen molar-refractivity contribution in [2.45, 2.75) is 31.6 Å². The lowest BCUT2D eigenvalue weighted by molar-refractivity contribution is -0.147. The van der Waals surface area contributed by atoms with Crippen LogP contribution in [0.25, 0.3) is 0 Å². The van der Waals surface area contributed by atoms with E-state index in [1.807, 2.05) is 13.0 Å². The van der Waals surface area contributed by atoms with Gasteiger partial charge in [0.2, 0.25) is 0 Å². The highest BCUT2D eigenvalue weighted by molar-refractivity contribution is 7.54. The molecule has 20 heavy (non-hydrogen) atoms. The quantitative estimate of drug-likeness (QED) is 0.616. The van der Waals surface area contributed by atoms with Gasteiger partial charge in [-0.15, -0.1) is 0 Å². The third-order valence-corrected chi connectivity index (χ3v) is 3.44. The topological polar surface area (TPSA) is 46.5 Å². The average Bonchev–Trinajstić information content (AvgIpc) is 2.37. The Balaban J connectivity index is 0.000000444. The number of hydrogen-bond donors (Lipinski definition) is 1. The first-order valence-corrected chi connectivity index (χ1v) is 11.4. The largest absolute Gasteiger partial charge is 0.643 e. The molecule has 0 bridgehead atoms. The highest BCUT2D eigenvalue weighted by atomic mass is 35.8. The zero-order chi connectivity index (χ0) is 15.3. The van der Waals surface area contributed by atoms with Crippen LogP contribution in [0.5, 0.6) is 5.75 Å². The maximum absolute atomic E-state index is 11.9. The Morgan fingerprint density at radius 1 is 1.40 bits per heavy atom. The van der Waals surface area contributed by atoms with Gasteiger partial charge in [0.15, 0.2) is 0 Å². The number of ether oxygens (including phenoxy) is 1. The molecule has 1 N–H and O–H groups in total. The molecule has 1 aromatic rings. The molecule has 1 aliphatic rings. The van der Waals surface area contributed by atoms with Crippen molar-refractivity contribution < 1.29 is 14.6 Å². The van der Waals surface area contributed by atoms with E-state index in [-0.39, 0.29) is 11.7 Å². The SMILES string of the molecule is COC(=O)C1(C)CCCc2cc(O)ccc21.[Cl][Al]([Cl])[Cl]. The van der Waals surface area contributed by atoms with E-state index < -0.39 is 16.8 Å². The Morgan fingerprint density at radius 2 is 2.00 bits per heavy atom. The van der Waals surface area contributed by atoms with Crippen LogP contribution in [0.4, 0.5) is 0 Å². The minimum Gasteiger partial charge on any atom is -0.508 e. The van der Waals surface area contributed by atoms with Crippen LogP contribution in [0.3, 0.4) is 0 Å². The van der Waals surface area contributed by atoms with E-state index >= 15 is 0 Å². The number of halogens is 3. The Kier molecular flexibility index (Phi) is 6.97. The molecule has 110 valence electrons. The highest BCUT2D eigenvalue weighted by Crippen LogP contribution is 2.39.